The second kappa shape index (κ2) is 30.1. The number of hydrogen-bond acceptors (Lipinski definition) is 7. The van der Waals surface area contributed by atoms with Gasteiger partial charge in [0.2, 0.25) is 0 Å². The third kappa shape index (κ3) is 27.1. The van der Waals surface area contributed by atoms with Crippen molar-refractivity contribution in [2.24, 2.45) is 22.9 Å². The van der Waals surface area contributed by atoms with Crippen LogP contribution in [0.4, 0.5) is 0 Å². The molecule has 232 valence electrons. The van der Waals surface area contributed by atoms with Crippen LogP contribution in [0.25, 0.3) is 0 Å². The maximum atomic E-state index is 12.1. The van der Waals surface area contributed by atoms with Crippen molar-refractivity contribution >= 4 is 11.6 Å². The Morgan fingerprint density at radius 3 is 1.13 bits per heavy atom. The molecule has 0 saturated heterocycles. The van der Waals surface area contributed by atoms with Crippen LogP contribution >= 0.6 is 0 Å². The lowest BCUT2D eigenvalue weighted by molar-refractivity contribution is -0.121. The normalized spacial score (nSPS) is 13.0. The van der Waals surface area contributed by atoms with Crippen LogP contribution in [0.2, 0.25) is 0 Å². The van der Waals surface area contributed by atoms with Gasteiger partial charge in [0.15, 0.2) is 0 Å². The van der Waals surface area contributed by atoms with Crippen molar-refractivity contribution in [3.8, 4) is 0 Å². The van der Waals surface area contributed by atoms with E-state index in [1.165, 1.54) is 77.0 Å². The maximum absolute atomic E-state index is 12.1. The standard InChI is InChI=1S/C32H67N5O2/c33-25-17-9-1-7-15-23-31(38)29(35)21-13-5-3-11-19-27-37-28-20-12-4-6-14-22-30(36)32(39)24-16-8-2-10-18-26-34/h29-30,37H,1-28,33-36H2. The highest BCUT2D eigenvalue weighted by Crippen LogP contribution is 2.12. The molecule has 0 aliphatic heterocycles. The zero-order valence-electron chi connectivity index (χ0n) is 25.6. The van der Waals surface area contributed by atoms with Gasteiger partial charge in [-0.1, -0.05) is 89.9 Å². The van der Waals surface area contributed by atoms with Gasteiger partial charge in [-0.3, -0.25) is 9.59 Å². The van der Waals surface area contributed by atoms with Gasteiger partial charge in [-0.05, 0) is 77.5 Å². The molecule has 39 heavy (non-hydrogen) atoms. The summed E-state index contributed by atoms with van der Waals surface area (Å²) in [6, 6.07) is -0.525. The molecule has 7 nitrogen and oxygen atoms in total. The molecule has 7 heteroatoms. The van der Waals surface area contributed by atoms with Crippen molar-refractivity contribution in [2.75, 3.05) is 26.2 Å². The van der Waals surface area contributed by atoms with Gasteiger partial charge in [0.25, 0.3) is 0 Å². The summed E-state index contributed by atoms with van der Waals surface area (Å²) >= 11 is 0. The molecule has 0 aliphatic rings. The molecule has 0 aromatic rings. The number of nitrogens with two attached hydrogens (primary N) is 4. The average molecular weight is 554 g/mol. The van der Waals surface area contributed by atoms with E-state index in [0.29, 0.717) is 12.8 Å². The van der Waals surface area contributed by atoms with Gasteiger partial charge in [-0.15, -0.1) is 0 Å². The highest BCUT2D eigenvalue weighted by Gasteiger charge is 2.13. The molecule has 0 amide bonds. The molecule has 9 N–H and O–H groups in total. The van der Waals surface area contributed by atoms with E-state index in [1.54, 1.807) is 0 Å². The SMILES string of the molecule is NCCCCCCCC(=O)C(N)CCCCCCCNCCCCCCCC(N)C(=O)CCCCCCCN. The zero-order valence-corrected chi connectivity index (χ0v) is 25.6. The molecule has 0 rings (SSSR count). The smallest absolute Gasteiger partial charge is 0.149 e. The van der Waals surface area contributed by atoms with Crippen molar-refractivity contribution in [3.63, 3.8) is 0 Å². The molecular weight excluding hydrogens is 486 g/mol. The van der Waals surface area contributed by atoms with Gasteiger partial charge in [0.1, 0.15) is 11.6 Å². The molecule has 0 saturated carbocycles. The molecule has 0 aromatic carbocycles. The maximum Gasteiger partial charge on any atom is 0.149 e. The van der Waals surface area contributed by atoms with Crippen LogP contribution in [0.1, 0.15) is 154 Å². The van der Waals surface area contributed by atoms with Crippen molar-refractivity contribution in [2.45, 2.75) is 166 Å². The average Bonchev–Trinajstić information content (AvgIpc) is 2.93. The van der Waals surface area contributed by atoms with E-state index in [1.807, 2.05) is 0 Å². The summed E-state index contributed by atoms with van der Waals surface area (Å²) in [7, 11) is 0. The molecular formula is C32H67N5O2. The third-order valence-corrected chi connectivity index (χ3v) is 7.82. The fraction of sp³-hybridized carbons (Fsp3) is 0.938. The molecule has 0 aliphatic carbocycles. The minimum atomic E-state index is -0.262. The van der Waals surface area contributed by atoms with Crippen LogP contribution in [0.5, 0.6) is 0 Å². The molecule has 0 fully saturated rings. The quantitative estimate of drug-likeness (QED) is 0.0675. The first kappa shape index (κ1) is 38.1. The lowest BCUT2D eigenvalue weighted by Gasteiger charge is -2.11. The lowest BCUT2D eigenvalue weighted by atomic mass is 10.00. The Bertz CT molecular complexity index is 501. The van der Waals surface area contributed by atoms with Crippen molar-refractivity contribution in [1.29, 1.82) is 0 Å². The summed E-state index contributed by atoms with van der Waals surface area (Å²) < 4.78 is 0. The number of hydrogen-bond donors (Lipinski definition) is 5. The second-order valence-corrected chi connectivity index (χ2v) is 11.6. The van der Waals surface area contributed by atoms with Crippen LogP contribution in [-0.2, 0) is 9.59 Å². The van der Waals surface area contributed by atoms with Gasteiger partial charge in [0, 0.05) is 12.8 Å². The summed E-state index contributed by atoms with van der Waals surface area (Å²) in [6.45, 7) is 3.71. The van der Waals surface area contributed by atoms with Gasteiger partial charge in [0.05, 0.1) is 12.1 Å². The van der Waals surface area contributed by atoms with Crippen molar-refractivity contribution in [1.82, 2.24) is 5.32 Å². The van der Waals surface area contributed by atoms with Crippen molar-refractivity contribution in [3.05, 3.63) is 0 Å². The van der Waals surface area contributed by atoms with Gasteiger partial charge >= 0.3 is 0 Å². The first-order valence-electron chi connectivity index (χ1n) is 16.7. The van der Waals surface area contributed by atoms with E-state index in [4.69, 9.17) is 22.9 Å². The monoisotopic (exact) mass is 554 g/mol. The molecule has 0 spiro atoms. The minimum absolute atomic E-state index is 0.243. The van der Waals surface area contributed by atoms with Gasteiger partial charge in [-0.2, -0.15) is 0 Å². The zero-order chi connectivity index (χ0) is 28.8. The number of carbonyl (C=O) groups is 2. The summed E-state index contributed by atoms with van der Waals surface area (Å²) in [6.07, 6.45) is 25.8. The minimum Gasteiger partial charge on any atom is -0.330 e. The van der Waals surface area contributed by atoms with Crippen molar-refractivity contribution < 1.29 is 9.59 Å². The first-order valence-corrected chi connectivity index (χ1v) is 16.7. The fourth-order valence-electron chi connectivity index (χ4n) is 5.05. The topological polar surface area (TPSA) is 150 Å². The summed E-state index contributed by atoms with van der Waals surface area (Å²) in [5.74, 6) is 0.486. The van der Waals surface area contributed by atoms with E-state index in [2.05, 4.69) is 5.32 Å². The number of Topliss-reactive ketones (excluding diaryl/α,β-unsaturated/α-hetero) is 2. The summed E-state index contributed by atoms with van der Waals surface area (Å²) in [5.41, 5.74) is 23.2. The molecule has 2 atom stereocenters. The predicted molar refractivity (Wildman–Crippen MR) is 168 cm³/mol. The Morgan fingerprint density at radius 2 is 0.744 bits per heavy atom. The largest absolute Gasteiger partial charge is 0.330 e. The number of unbranched alkanes of at least 4 members (excludes halogenated alkanes) is 16. The van der Waals surface area contributed by atoms with Crippen LogP contribution in [0.3, 0.4) is 0 Å². The van der Waals surface area contributed by atoms with E-state index in [0.717, 1.165) is 90.4 Å². The van der Waals surface area contributed by atoms with Gasteiger partial charge < -0.3 is 28.3 Å². The van der Waals surface area contributed by atoms with Gasteiger partial charge in [-0.25, -0.2) is 0 Å². The van der Waals surface area contributed by atoms with Crippen LogP contribution in [-0.4, -0.2) is 49.8 Å². The molecule has 0 aromatic heterocycles. The summed E-state index contributed by atoms with van der Waals surface area (Å²) in [5, 5.41) is 3.56. The predicted octanol–water partition coefficient (Wildman–Crippen LogP) is 5.65. The highest BCUT2D eigenvalue weighted by atomic mass is 16.1. The Kier molecular flexibility index (Phi) is 29.4. The van der Waals surface area contributed by atoms with E-state index in [9.17, 15) is 9.59 Å². The molecule has 0 radical (unpaired) electrons. The Morgan fingerprint density at radius 1 is 0.436 bits per heavy atom. The van der Waals surface area contributed by atoms with E-state index >= 15 is 0 Å². The van der Waals surface area contributed by atoms with E-state index < -0.39 is 0 Å². The van der Waals surface area contributed by atoms with Crippen LogP contribution in [0.15, 0.2) is 0 Å². The Labute approximate surface area is 241 Å². The highest BCUT2D eigenvalue weighted by molar-refractivity contribution is 5.84. The molecule has 0 heterocycles. The lowest BCUT2D eigenvalue weighted by Crippen LogP contribution is -2.30. The number of nitrogens with one attached hydrogen (secondary N) is 1. The van der Waals surface area contributed by atoms with Crippen LogP contribution in [0, 0.1) is 0 Å². The Hall–Kier alpha value is -0.860. The number of carbonyl (C=O) groups excluding carboxylic acids is 2. The molecule has 0 bridgehead atoms. The summed E-state index contributed by atoms with van der Waals surface area (Å²) in [4.78, 5) is 24.3. The second-order valence-electron chi connectivity index (χ2n) is 11.6. The van der Waals surface area contributed by atoms with Crippen LogP contribution < -0.4 is 28.3 Å². The first-order chi connectivity index (χ1) is 19.0. The number of ketones is 2. The fourth-order valence-corrected chi connectivity index (χ4v) is 5.05. The Balaban J connectivity index is 3.36. The number of rotatable bonds is 32. The van der Waals surface area contributed by atoms with E-state index in [-0.39, 0.29) is 23.7 Å². The third-order valence-electron chi connectivity index (χ3n) is 7.82. The molecule has 2 unspecified atom stereocenters.